The summed E-state index contributed by atoms with van der Waals surface area (Å²) in [5.41, 5.74) is 2.10. The van der Waals surface area contributed by atoms with E-state index in [9.17, 15) is 4.79 Å². The molecule has 0 saturated carbocycles. The molecule has 3 N–H and O–H groups in total. The Kier molecular flexibility index (Phi) is 3.27. The first-order valence-corrected chi connectivity index (χ1v) is 4.81. The third kappa shape index (κ3) is 2.19. The van der Waals surface area contributed by atoms with Crippen molar-refractivity contribution in [2.24, 2.45) is 5.84 Å². The molecule has 0 aliphatic heterocycles. The molecular weight excluding hydrogens is 186 g/mol. The van der Waals surface area contributed by atoms with E-state index in [0.29, 0.717) is 0 Å². The van der Waals surface area contributed by atoms with Crippen LogP contribution >= 0.6 is 11.3 Å². The molecule has 0 radical (unpaired) electrons. The van der Waals surface area contributed by atoms with Gasteiger partial charge in [-0.1, -0.05) is 6.07 Å². The van der Waals surface area contributed by atoms with Crippen molar-refractivity contribution in [2.75, 3.05) is 7.05 Å². The maximum Gasteiger partial charge on any atom is 0.331 e. The van der Waals surface area contributed by atoms with E-state index in [1.165, 1.54) is 0 Å². The molecule has 0 aliphatic rings. The van der Waals surface area contributed by atoms with Crippen molar-refractivity contribution < 1.29 is 4.79 Å². The predicted molar refractivity (Wildman–Crippen MR) is 53.2 cm³/mol. The van der Waals surface area contributed by atoms with E-state index in [1.54, 1.807) is 23.3 Å². The average Bonchev–Trinajstić information content (AvgIpc) is 2.67. The van der Waals surface area contributed by atoms with Crippen molar-refractivity contribution in [1.29, 1.82) is 0 Å². The minimum atomic E-state index is -0.277. The molecule has 1 heterocycles. The molecule has 72 valence electrons. The Morgan fingerprint density at radius 1 is 1.77 bits per heavy atom. The molecule has 1 aromatic rings. The molecule has 0 saturated heterocycles. The number of carbonyl (C=O) groups is 1. The van der Waals surface area contributed by atoms with Gasteiger partial charge in [-0.2, -0.15) is 0 Å². The van der Waals surface area contributed by atoms with Crippen LogP contribution in [0.15, 0.2) is 17.5 Å². The number of carbonyl (C=O) groups excluding carboxylic acids is 1. The Labute approximate surface area is 81.3 Å². The Hall–Kier alpha value is -1.07. The van der Waals surface area contributed by atoms with Gasteiger partial charge in [0.25, 0.3) is 0 Å². The number of hydrogen-bond donors (Lipinski definition) is 2. The topological polar surface area (TPSA) is 58.4 Å². The molecule has 0 bridgehead atoms. The Morgan fingerprint density at radius 3 is 2.92 bits per heavy atom. The summed E-state index contributed by atoms with van der Waals surface area (Å²) < 4.78 is 0. The number of urea groups is 1. The van der Waals surface area contributed by atoms with E-state index >= 15 is 0 Å². The number of nitrogens with zero attached hydrogens (tertiary/aromatic N) is 1. The van der Waals surface area contributed by atoms with Crippen LogP contribution in [0.5, 0.6) is 0 Å². The number of nitrogens with one attached hydrogen (secondary N) is 1. The zero-order chi connectivity index (χ0) is 9.84. The van der Waals surface area contributed by atoms with Gasteiger partial charge in [0, 0.05) is 11.9 Å². The first kappa shape index (κ1) is 10.0. The number of hydrazine groups is 1. The summed E-state index contributed by atoms with van der Waals surface area (Å²) >= 11 is 1.62. The average molecular weight is 199 g/mol. The largest absolute Gasteiger partial charge is 0.331 e. The lowest BCUT2D eigenvalue weighted by Gasteiger charge is -2.23. The quantitative estimate of drug-likeness (QED) is 0.429. The molecule has 2 amide bonds. The SMILES string of the molecule is CC(c1cccs1)N(C)C(=O)NN. The number of hydrogen-bond acceptors (Lipinski definition) is 3. The summed E-state index contributed by atoms with van der Waals surface area (Å²) in [6.07, 6.45) is 0. The third-order valence-electron chi connectivity index (χ3n) is 1.98. The molecule has 0 aliphatic carbocycles. The fraction of sp³-hybridized carbons (Fsp3) is 0.375. The maximum absolute atomic E-state index is 11.1. The van der Waals surface area contributed by atoms with Gasteiger partial charge in [-0.25, -0.2) is 10.6 Å². The molecule has 13 heavy (non-hydrogen) atoms. The van der Waals surface area contributed by atoms with Crippen LogP contribution in [0.4, 0.5) is 4.79 Å². The molecule has 0 spiro atoms. The molecule has 0 aromatic carbocycles. The minimum Gasteiger partial charge on any atom is -0.319 e. The summed E-state index contributed by atoms with van der Waals surface area (Å²) in [5.74, 6) is 5.03. The van der Waals surface area contributed by atoms with Gasteiger partial charge in [-0.05, 0) is 18.4 Å². The Morgan fingerprint density at radius 2 is 2.46 bits per heavy atom. The fourth-order valence-corrected chi connectivity index (χ4v) is 1.82. The van der Waals surface area contributed by atoms with Crippen LogP contribution in [0.1, 0.15) is 17.8 Å². The summed E-state index contributed by atoms with van der Waals surface area (Å²) in [6, 6.07) is 3.74. The van der Waals surface area contributed by atoms with Gasteiger partial charge in [0.15, 0.2) is 0 Å². The van der Waals surface area contributed by atoms with Crippen LogP contribution in [0.3, 0.4) is 0 Å². The molecule has 1 atom stereocenters. The normalized spacial score (nSPS) is 12.2. The van der Waals surface area contributed by atoms with E-state index in [0.717, 1.165) is 4.88 Å². The molecule has 0 fully saturated rings. The lowest BCUT2D eigenvalue weighted by atomic mass is 10.2. The van der Waals surface area contributed by atoms with Gasteiger partial charge in [0.05, 0.1) is 6.04 Å². The first-order chi connectivity index (χ1) is 6.16. The lowest BCUT2D eigenvalue weighted by molar-refractivity contribution is 0.195. The molecule has 1 unspecified atom stereocenters. The van der Waals surface area contributed by atoms with Crippen LogP contribution in [-0.2, 0) is 0 Å². The zero-order valence-corrected chi connectivity index (χ0v) is 8.47. The van der Waals surface area contributed by atoms with Crippen LogP contribution in [0, 0.1) is 0 Å². The summed E-state index contributed by atoms with van der Waals surface area (Å²) in [4.78, 5) is 13.8. The minimum absolute atomic E-state index is 0.0588. The van der Waals surface area contributed by atoms with Crippen LogP contribution < -0.4 is 11.3 Å². The van der Waals surface area contributed by atoms with Gasteiger partial charge in [0.1, 0.15) is 0 Å². The van der Waals surface area contributed by atoms with Gasteiger partial charge >= 0.3 is 6.03 Å². The van der Waals surface area contributed by atoms with Gasteiger partial charge < -0.3 is 4.90 Å². The molecule has 5 heteroatoms. The second-order valence-corrected chi connectivity index (χ2v) is 3.73. The fourth-order valence-electron chi connectivity index (χ4n) is 0.998. The van der Waals surface area contributed by atoms with Crippen molar-refractivity contribution in [1.82, 2.24) is 10.3 Å². The van der Waals surface area contributed by atoms with E-state index < -0.39 is 0 Å². The smallest absolute Gasteiger partial charge is 0.319 e. The first-order valence-electron chi connectivity index (χ1n) is 3.93. The van der Waals surface area contributed by atoms with Gasteiger partial charge in [-0.3, -0.25) is 5.43 Å². The zero-order valence-electron chi connectivity index (χ0n) is 7.65. The highest BCUT2D eigenvalue weighted by molar-refractivity contribution is 7.10. The van der Waals surface area contributed by atoms with Crippen molar-refractivity contribution in [2.45, 2.75) is 13.0 Å². The van der Waals surface area contributed by atoms with E-state index in [-0.39, 0.29) is 12.1 Å². The number of rotatable bonds is 2. The standard InChI is InChI=1S/C8H13N3OS/c1-6(7-4-3-5-13-7)11(2)8(12)10-9/h3-6H,9H2,1-2H3,(H,10,12). The molecular formula is C8H13N3OS. The number of nitrogens with two attached hydrogens (primary N) is 1. The van der Waals surface area contributed by atoms with Crippen LogP contribution in [0.2, 0.25) is 0 Å². The summed E-state index contributed by atoms with van der Waals surface area (Å²) in [6.45, 7) is 1.96. The van der Waals surface area contributed by atoms with Crippen molar-refractivity contribution in [3.63, 3.8) is 0 Å². The second kappa shape index (κ2) is 4.25. The van der Waals surface area contributed by atoms with Crippen molar-refractivity contribution in [3.05, 3.63) is 22.4 Å². The van der Waals surface area contributed by atoms with E-state index in [4.69, 9.17) is 5.84 Å². The van der Waals surface area contributed by atoms with E-state index in [2.05, 4.69) is 5.43 Å². The van der Waals surface area contributed by atoms with Crippen molar-refractivity contribution >= 4 is 17.4 Å². The highest BCUT2D eigenvalue weighted by atomic mass is 32.1. The summed E-state index contributed by atoms with van der Waals surface area (Å²) in [7, 11) is 1.71. The lowest BCUT2D eigenvalue weighted by Crippen LogP contribution is -2.42. The molecule has 1 aromatic heterocycles. The Bertz CT molecular complexity index is 273. The molecule has 4 nitrogen and oxygen atoms in total. The van der Waals surface area contributed by atoms with Crippen molar-refractivity contribution in [3.8, 4) is 0 Å². The summed E-state index contributed by atoms with van der Waals surface area (Å²) in [5, 5.41) is 1.99. The Balaban J connectivity index is 2.68. The second-order valence-electron chi connectivity index (χ2n) is 2.75. The highest BCUT2D eigenvalue weighted by Gasteiger charge is 2.16. The third-order valence-corrected chi connectivity index (χ3v) is 3.02. The number of thiophene rings is 1. The maximum atomic E-state index is 11.1. The van der Waals surface area contributed by atoms with Gasteiger partial charge in [-0.15, -0.1) is 11.3 Å². The predicted octanol–water partition coefficient (Wildman–Crippen LogP) is 1.32. The number of amides is 2. The monoisotopic (exact) mass is 199 g/mol. The highest BCUT2D eigenvalue weighted by Crippen LogP contribution is 2.22. The van der Waals surface area contributed by atoms with Crippen LogP contribution in [0.25, 0.3) is 0 Å². The van der Waals surface area contributed by atoms with Gasteiger partial charge in [0.2, 0.25) is 0 Å². The van der Waals surface area contributed by atoms with Crippen LogP contribution in [-0.4, -0.2) is 18.0 Å². The molecule has 1 rings (SSSR count). The van der Waals surface area contributed by atoms with E-state index in [1.807, 2.05) is 24.4 Å².